The third kappa shape index (κ3) is 3.82. The van der Waals surface area contributed by atoms with Crippen molar-refractivity contribution in [3.05, 3.63) is 29.6 Å². The number of nitrogens with two attached hydrogens (primary N) is 1. The number of carbonyl (C=O) groups excluding carboxylic acids is 1. The fraction of sp³-hybridized carbons (Fsp3) is 0.500. The second-order valence-electron chi connectivity index (χ2n) is 5.47. The van der Waals surface area contributed by atoms with Crippen LogP contribution in [0.3, 0.4) is 0 Å². The lowest BCUT2D eigenvalue weighted by molar-refractivity contribution is 0.0788. The molecule has 3 N–H and O–H groups in total. The van der Waals surface area contributed by atoms with Crippen molar-refractivity contribution in [2.45, 2.75) is 30.7 Å². The van der Waals surface area contributed by atoms with E-state index in [0.29, 0.717) is 13.1 Å². The van der Waals surface area contributed by atoms with Crippen molar-refractivity contribution in [3.8, 4) is 0 Å². The minimum Gasteiger partial charge on any atom is -0.339 e. The van der Waals surface area contributed by atoms with Crippen molar-refractivity contribution in [1.82, 2.24) is 9.62 Å². The van der Waals surface area contributed by atoms with Gasteiger partial charge in [-0.2, -0.15) is 0 Å². The summed E-state index contributed by atoms with van der Waals surface area (Å²) >= 11 is 0. The Bertz CT molecular complexity index is 655. The zero-order chi connectivity index (χ0) is 16.3. The summed E-state index contributed by atoms with van der Waals surface area (Å²) in [5, 5.41) is 0. The summed E-state index contributed by atoms with van der Waals surface area (Å²) in [6.07, 6.45) is 1.81. The molecule has 1 amide bonds. The van der Waals surface area contributed by atoms with Gasteiger partial charge in [0, 0.05) is 25.7 Å². The average molecular weight is 329 g/mol. The zero-order valence-corrected chi connectivity index (χ0v) is 13.2. The molecule has 122 valence electrons. The Kier molecular flexibility index (Phi) is 5.15. The molecule has 0 spiro atoms. The van der Waals surface area contributed by atoms with E-state index in [-0.39, 0.29) is 23.0 Å². The number of amides is 1. The molecule has 1 heterocycles. The Morgan fingerprint density at radius 2 is 2.05 bits per heavy atom. The standard InChI is InChI=1S/C14H20FN3O3S/c1-10(16)9-17-22(20,21)11-4-5-12(13(15)8-11)14(19)18-6-2-3-7-18/h4-5,8,10,17H,2-3,6-7,9,16H2,1H3. The molecule has 1 aromatic rings. The summed E-state index contributed by atoms with van der Waals surface area (Å²) in [4.78, 5) is 13.5. The van der Waals surface area contributed by atoms with Gasteiger partial charge in [0.05, 0.1) is 10.5 Å². The lowest BCUT2D eigenvalue weighted by Crippen LogP contribution is -2.35. The first-order valence-electron chi connectivity index (χ1n) is 7.15. The molecule has 1 aliphatic rings. The van der Waals surface area contributed by atoms with Crippen molar-refractivity contribution in [2.24, 2.45) is 5.73 Å². The molecule has 22 heavy (non-hydrogen) atoms. The van der Waals surface area contributed by atoms with Crippen molar-refractivity contribution in [2.75, 3.05) is 19.6 Å². The van der Waals surface area contributed by atoms with Gasteiger partial charge in [-0.3, -0.25) is 4.79 Å². The van der Waals surface area contributed by atoms with E-state index in [1.54, 1.807) is 11.8 Å². The van der Waals surface area contributed by atoms with E-state index in [1.807, 2.05) is 0 Å². The molecule has 1 unspecified atom stereocenters. The van der Waals surface area contributed by atoms with Crippen LogP contribution in [0.2, 0.25) is 0 Å². The third-order valence-corrected chi connectivity index (χ3v) is 4.89. The number of hydrogen-bond donors (Lipinski definition) is 2. The summed E-state index contributed by atoms with van der Waals surface area (Å²) in [5.41, 5.74) is 5.39. The van der Waals surface area contributed by atoms with Crippen LogP contribution < -0.4 is 10.5 Å². The van der Waals surface area contributed by atoms with E-state index < -0.39 is 21.7 Å². The van der Waals surface area contributed by atoms with Gasteiger partial charge in [0.1, 0.15) is 5.82 Å². The molecule has 2 rings (SSSR count). The van der Waals surface area contributed by atoms with Crippen LogP contribution in [-0.4, -0.2) is 44.9 Å². The Morgan fingerprint density at radius 3 is 2.59 bits per heavy atom. The van der Waals surface area contributed by atoms with Gasteiger partial charge in [-0.25, -0.2) is 17.5 Å². The molecule has 1 saturated heterocycles. The number of halogens is 1. The van der Waals surface area contributed by atoms with E-state index >= 15 is 0 Å². The fourth-order valence-electron chi connectivity index (χ4n) is 2.25. The Morgan fingerprint density at radius 1 is 1.41 bits per heavy atom. The molecule has 1 fully saturated rings. The van der Waals surface area contributed by atoms with E-state index in [0.717, 1.165) is 18.9 Å². The number of sulfonamides is 1. The molecule has 0 aromatic heterocycles. The summed E-state index contributed by atoms with van der Waals surface area (Å²) in [6.45, 7) is 2.92. The monoisotopic (exact) mass is 329 g/mol. The van der Waals surface area contributed by atoms with E-state index in [9.17, 15) is 17.6 Å². The number of nitrogens with zero attached hydrogens (tertiary/aromatic N) is 1. The van der Waals surface area contributed by atoms with Crippen LogP contribution in [-0.2, 0) is 10.0 Å². The smallest absolute Gasteiger partial charge is 0.256 e. The Hall–Kier alpha value is -1.51. The van der Waals surface area contributed by atoms with Crippen molar-refractivity contribution in [3.63, 3.8) is 0 Å². The predicted molar refractivity (Wildman–Crippen MR) is 80.4 cm³/mol. The molecular formula is C14H20FN3O3S. The second-order valence-corrected chi connectivity index (χ2v) is 7.24. The number of hydrogen-bond acceptors (Lipinski definition) is 4. The highest BCUT2D eigenvalue weighted by atomic mass is 32.2. The highest BCUT2D eigenvalue weighted by Gasteiger charge is 2.24. The third-order valence-electron chi connectivity index (χ3n) is 3.47. The normalized spacial score (nSPS) is 16.8. The Balaban J connectivity index is 2.20. The largest absolute Gasteiger partial charge is 0.339 e. The predicted octanol–water partition coefficient (Wildman–Crippen LogP) is 0.687. The quantitative estimate of drug-likeness (QED) is 0.831. The van der Waals surface area contributed by atoms with E-state index in [4.69, 9.17) is 5.73 Å². The average Bonchev–Trinajstić information content (AvgIpc) is 2.98. The van der Waals surface area contributed by atoms with Crippen LogP contribution in [0.25, 0.3) is 0 Å². The van der Waals surface area contributed by atoms with Crippen LogP contribution in [0.1, 0.15) is 30.1 Å². The zero-order valence-electron chi connectivity index (χ0n) is 12.4. The lowest BCUT2D eigenvalue weighted by Gasteiger charge is -2.16. The number of nitrogens with one attached hydrogen (secondary N) is 1. The summed E-state index contributed by atoms with van der Waals surface area (Å²) in [7, 11) is -3.83. The number of benzene rings is 1. The summed E-state index contributed by atoms with van der Waals surface area (Å²) in [5.74, 6) is -1.23. The van der Waals surface area contributed by atoms with Gasteiger partial charge in [0.2, 0.25) is 10.0 Å². The topological polar surface area (TPSA) is 92.5 Å². The minimum atomic E-state index is -3.83. The van der Waals surface area contributed by atoms with Gasteiger partial charge in [-0.1, -0.05) is 0 Å². The maximum atomic E-state index is 14.1. The highest BCUT2D eigenvalue weighted by Crippen LogP contribution is 2.19. The first kappa shape index (κ1) is 16.9. The first-order chi connectivity index (χ1) is 10.3. The lowest BCUT2D eigenvalue weighted by atomic mass is 10.2. The maximum absolute atomic E-state index is 14.1. The fourth-order valence-corrected chi connectivity index (χ4v) is 3.41. The number of likely N-dealkylation sites (tertiary alicyclic amines) is 1. The molecule has 8 heteroatoms. The van der Waals surface area contributed by atoms with Gasteiger partial charge in [-0.15, -0.1) is 0 Å². The van der Waals surface area contributed by atoms with Crippen molar-refractivity contribution in [1.29, 1.82) is 0 Å². The van der Waals surface area contributed by atoms with Crippen LogP contribution in [0.5, 0.6) is 0 Å². The van der Waals surface area contributed by atoms with Gasteiger partial charge >= 0.3 is 0 Å². The van der Waals surface area contributed by atoms with Crippen LogP contribution in [0.4, 0.5) is 4.39 Å². The molecule has 1 atom stereocenters. The van der Waals surface area contributed by atoms with Crippen LogP contribution >= 0.6 is 0 Å². The highest BCUT2D eigenvalue weighted by molar-refractivity contribution is 7.89. The molecular weight excluding hydrogens is 309 g/mol. The molecule has 0 saturated carbocycles. The number of rotatable bonds is 5. The molecule has 0 bridgehead atoms. The van der Waals surface area contributed by atoms with Crippen molar-refractivity contribution < 1.29 is 17.6 Å². The second kappa shape index (κ2) is 6.72. The van der Waals surface area contributed by atoms with Gasteiger partial charge in [0.25, 0.3) is 5.91 Å². The van der Waals surface area contributed by atoms with Gasteiger partial charge in [0.15, 0.2) is 0 Å². The SMILES string of the molecule is CC(N)CNS(=O)(=O)c1ccc(C(=O)N2CCCC2)c(F)c1. The van der Waals surface area contributed by atoms with Gasteiger partial charge < -0.3 is 10.6 Å². The van der Waals surface area contributed by atoms with Gasteiger partial charge in [-0.05, 0) is 38.0 Å². The minimum absolute atomic E-state index is 0.0540. The first-order valence-corrected chi connectivity index (χ1v) is 8.63. The summed E-state index contributed by atoms with van der Waals surface area (Å²) < 4.78 is 40.4. The van der Waals surface area contributed by atoms with Crippen LogP contribution in [0, 0.1) is 5.82 Å². The molecule has 0 radical (unpaired) electrons. The van der Waals surface area contributed by atoms with E-state index in [2.05, 4.69) is 4.72 Å². The molecule has 1 aliphatic heterocycles. The number of carbonyl (C=O) groups is 1. The molecule has 0 aliphatic carbocycles. The molecule has 1 aromatic carbocycles. The van der Waals surface area contributed by atoms with Crippen LogP contribution in [0.15, 0.2) is 23.1 Å². The van der Waals surface area contributed by atoms with Crippen molar-refractivity contribution >= 4 is 15.9 Å². The van der Waals surface area contributed by atoms with E-state index in [1.165, 1.54) is 12.1 Å². The molecule has 6 nitrogen and oxygen atoms in total. The Labute approximate surface area is 129 Å². The summed E-state index contributed by atoms with van der Waals surface area (Å²) in [6, 6.07) is 2.97. The maximum Gasteiger partial charge on any atom is 0.256 e.